The van der Waals surface area contributed by atoms with Gasteiger partial charge in [-0.05, 0) is 52.1 Å². The van der Waals surface area contributed by atoms with Crippen LogP contribution in [0.4, 0.5) is 0 Å². The zero-order chi connectivity index (χ0) is 14.8. The third-order valence-electron chi connectivity index (χ3n) is 3.53. The van der Waals surface area contributed by atoms with Crippen molar-refractivity contribution in [2.75, 3.05) is 6.54 Å². The Bertz CT molecular complexity index is 472. The molecule has 3 heteroatoms. The van der Waals surface area contributed by atoms with E-state index in [1.54, 1.807) is 11.9 Å². The molecular formula is C17H26N2S. The number of benzene rings is 1. The van der Waals surface area contributed by atoms with E-state index >= 15 is 0 Å². The fourth-order valence-corrected chi connectivity index (χ4v) is 2.96. The average molecular weight is 290 g/mol. The van der Waals surface area contributed by atoms with Crippen molar-refractivity contribution < 1.29 is 0 Å². The van der Waals surface area contributed by atoms with E-state index in [1.165, 1.54) is 11.3 Å². The minimum Gasteiger partial charge on any atom is -0.288 e. The molecule has 1 fully saturated rings. The van der Waals surface area contributed by atoms with Crippen molar-refractivity contribution in [3.63, 3.8) is 0 Å². The van der Waals surface area contributed by atoms with Crippen LogP contribution in [0.5, 0.6) is 0 Å². The molecule has 1 saturated heterocycles. The number of nitrogens with zero attached hydrogens (tertiary/aromatic N) is 2. The molecule has 1 aromatic carbocycles. The normalized spacial score (nSPS) is 21.6. The Labute approximate surface area is 127 Å². The first kappa shape index (κ1) is 15.6. The van der Waals surface area contributed by atoms with Crippen LogP contribution in [0, 0.1) is 0 Å². The van der Waals surface area contributed by atoms with E-state index in [1.807, 2.05) is 0 Å². The molecule has 1 aliphatic heterocycles. The van der Waals surface area contributed by atoms with Gasteiger partial charge >= 0.3 is 0 Å². The predicted molar refractivity (Wildman–Crippen MR) is 90.3 cm³/mol. The molecule has 2 nitrogen and oxygen atoms in total. The average Bonchev–Trinajstić information content (AvgIpc) is 2.62. The first-order chi connectivity index (χ1) is 9.26. The molecule has 1 aromatic rings. The summed E-state index contributed by atoms with van der Waals surface area (Å²) in [6.45, 7) is 13.3. The van der Waals surface area contributed by atoms with Gasteiger partial charge in [0, 0.05) is 35.5 Å². The molecule has 2 rings (SSSR count). The van der Waals surface area contributed by atoms with Crippen molar-refractivity contribution in [2.45, 2.75) is 57.9 Å². The molecule has 0 atom stereocenters. The van der Waals surface area contributed by atoms with Gasteiger partial charge < -0.3 is 0 Å². The second-order valence-electron chi connectivity index (χ2n) is 7.19. The number of rotatable bonds is 3. The van der Waals surface area contributed by atoms with Gasteiger partial charge in [0.2, 0.25) is 0 Å². The van der Waals surface area contributed by atoms with Crippen LogP contribution in [-0.4, -0.2) is 27.4 Å². The maximum atomic E-state index is 4.77. The van der Waals surface area contributed by atoms with E-state index in [-0.39, 0.29) is 10.3 Å². The Morgan fingerprint density at radius 1 is 1.20 bits per heavy atom. The number of hydrogen-bond acceptors (Lipinski definition) is 3. The van der Waals surface area contributed by atoms with E-state index in [0.717, 1.165) is 19.5 Å². The molecule has 110 valence electrons. The predicted octanol–water partition coefficient (Wildman–Crippen LogP) is 4.56. The second-order valence-corrected chi connectivity index (χ2v) is 8.78. The molecule has 0 saturated carbocycles. The minimum absolute atomic E-state index is 0.198. The third kappa shape index (κ3) is 4.35. The first-order valence-electron chi connectivity index (χ1n) is 7.29. The van der Waals surface area contributed by atoms with Crippen LogP contribution in [0.2, 0.25) is 0 Å². The van der Waals surface area contributed by atoms with Gasteiger partial charge in [-0.2, -0.15) is 0 Å². The highest BCUT2D eigenvalue weighted by atomic mass is 32.2. The summed E-state index contributed by atoms with van der Waals surface area (Å²) < 4.78 is 4.97. The highest BCUT2D eigenvalue weighted by molar-refractivity contribution is 7.99. The quantitative estimate of drug-likeness (QED) is 0.758. The fourth-order valence-electron chi connectivity index (χ4n) is 2.44. The van der Waals surface area contributed by atoms with Gasteiger partial charge in [0.25, 0.3) is 0 Å². The van der Waals surface area contributed by atoms with Crippen molar-refractivity contribution in [1.29, 1.82) is 0 Å². The lowest BCUT2D eigenvalue weighted by molar-refractivity contribution is 0.167. The summed E-state index contributed by atoms with van der Waals surface area (Å²) >= 11 is 1.70. The molecule has 0 N–H and O–H groups in total. The Hall–Kier alpha value is -0.800. The van der Waals surface area contributed by atoms with Crippen molar-refractivity contribution in [1.82, 2.24) is 4.90 Å². The Morgan fingerprint density at radius 3 is 2.45 bits per heavy atom. The summed E-state index contributed by atoms with van der Waals surface area (Å²) in [4.78, 5) is 2.53. The van der Waals surface area contributed by atoms with Crippen molar-refractivity contribution in [3.05, 3.63) is 35.9 Å². The number of likely N-dealkylation sites (tertiary alicyclic amines) is 1. The van der Waals surface area contributed by atoms with Crippen LogP contribution in [-0.2, 0) is 6.54 Å². The van der Waals surface area contributed by atoms with Gasteiger partial charge in [0.15, 0.2) is 0 Å². The van der Waals surface area contributed by atoms with Gasteiger partial charge in [0.05, 0.1) is 0 Å². The smallest absolute Gasteiger partial charge is 0.0421 e. The second kappa shape index (κ2) is 5.90. The molecule has 0 aliphatic carbocycles. The molecule has 0 amide bonds. The lowest BCUT2D eigenvalue weighted by Gasteiger charge is -2.30. The zero-order valence-corrected chi connectivity index (χ0v) is 14.1. The molecule has 0 radical (unpaired) electrons. The monoisotopic (exact) mass is 290 g/mol. The minimum atomic E-state index is 0.198. The fraction of sp³-hybridized carbons (Fsp3) is 0.588. The summed E-state index contributed by atoms with van der Waals surface area (Å²) in [5, 5.41) is 0. The molecular weight excluding hydrogens is 264 g/mol. The van der Waals surface area contributed by atoms with Gasteiger partial charge in [-0.3, -0.25) is 4.90 Å². The standard InChI is InChI=1S/C17H26N2S/c1-16(2,3)20-18-15-11-17(4,5)19(13-15)12-14-9-7-6-8-10-14/h6-10H,11-13H2,1-5H3. The molecule has 20 heavy (non-hydrogen) atoms. The summed E-state index contributed by atoms with van der Waals surface area (Å²) in [5.41, 5.74) is 2.91. The molecule has 1 aliphatic rings. The zero-order valence-electron chi connectivity index (χ0n) is 13.3. The van der Waals surface area contributed by atoms with Crippen LogP contribution in [0.3, 0.4) is 0 Å². The van der Waals surface area contributed by atoms with Crippen LogP contribution in [0.15, 0.2) is 34.7 Å². The highest BCUT2D eigenvalue weighted by Crippen LogP contribution is 2.32. The van der Waals surface area contributed by atoms with Crippen LogP contribution in [0.25, 0.3) is 0 Å². The van der Waals surface area contributed by atoms with E-state index in [9.17, 15) is 0 Å². The molecule has 0 spiro atoms. The molecule has 0 unspecified atom stereocenters. The number of hydrogen-bond donors (Lipinski definition) is 0. The largest absolute Gasteiger partial charge is 0.288 e. The summed E-state index contributed by atoms with van der Waals surface area (Å²) in [6.07, 6.45) is 1.07. The summed E-state index contributed by atoms with van der Waals surface area (Å²) in [7, 11) is 0. The van der Waals surface area contributed by atoms with Gasteiger partial charge in [0.1, 0.15) is 0 Å². The van der Waals surface area contributed by atoms with E-state index in [4.69, 9.17) is 4.40 Å². The lowest BCUT2D eigenvalue weighted by atomic mass is 10.0. The topological polar surface area (TPSA) is 15.6 Å². The van der Waals surface area contributed by atoms with E-state index < -0.39 is 0 Å². The molecule has 1 heterocycles. The maximum absolute atomic E-state index is 4.77. The van der Waals surface area contributed by atoms with E-state index in [0.29, 0.717) is 0 Å². The van der Waals surface area contributed by atoms with Gasteiger partial charge in [-0.15, -0.1) is 0 Å². The van der Waals surface area contributed by atoms with Crippen LogP contribution < -0.4 is 0 Å². The lowest BCUT2D eigenvalue weighted by Crippen LogP contribution is -2.37. The Morgan fingerprint density at radius 2 is 1.85 bits per heavy atom. The molecule has 0 bridgehead atoms. The first-order valence-corrected chi connectivity index (χ1v) is 8.06. The highest BCUT2D eigenvalue weighted by Gasteiger charge is 2.36. The van der Waals surface area contributed by atoms with Crippen LogP contribution in [0.1, 0.15) is 46.6 Å². The van der Waals surface area contributed by atoms with Crippen molar-refractivity contribution in [3.8, 4) is 0 Å². The van der Waals surface area contributed by atoms with Gasteiger partial charge in [-0.25, -0.2) is 4.40 Å². The summed E-state index contributed by atoms with van der Waals surface area (Å²) in [6, 6.07) is 10.7. The van der Waals surface area contributed by atoms with Crippen molar-refractivity contribution >= 4 is 17.7 Å². The van der Waals surface area contributed by atoms with E-state index in [2.05, 4.69) is 69.9 Å². The third-order valence-corrected chi connectivity index (χ3v) is 4.43. The van der Waals surface area contributed by atoms with Gasteiger partial charge in [-0.1, -0.05) is 30.3 Å². The maximum Gasteiger partial charge on any atom is 0.0421 e. The molecule has 0 aromatic heterocycles. The Balaban J connectivity index is 2.04. The van der Waals surface area contributed by atoms with Crippen LogP contribution >= 0.6 is 11.9 Å². The van der Waals surface area contributed by atoms with Crippen molar-refractivity contribution in [2.24, 2.45) is 4.40 Å². The summed E-state index contributed by atoms with van der Waals surface area (Å²) in [5.74, 6) is 0. The SMILES string of the molecule is CC(C)(C)SN=C1CN(Cc2ccccc2)C(C)(C)C1. The Kier molecular flexibility index (Phi) is 4.60.